The lowest BCUT2D eigenvalue weighted by molar-refractivity contribution is -0.981. The van der Waals surface area contributed by atoms with E-state index in [2.05, 4.69) is 0 Å². The first-order valence-corrected chi connectivity index (χ1v) is 13.3. The molecular weight excluding hydrogens is 558 g/mol. The van der Waals surface area contributed by atoms with Gasteiger partial charge in [-0.2, -0.15) is 9.68 Å². The summed E-state index contributed by atoms with van der Waals surface area (Å²) >= 11 is 0. The SMILES string of the molecule is COC1=C(OC)C(=O)C(CCCOCCO[N+](=O)OCCOCCCC2=C(C)C(=O)C(OC)=C(OC)C2=O)=C(C)C1=O. The van der Waals surface area contributed by atoms with Crippen LogP contribution in [-0.4, -0.2) is 96.3 Å². The van der Waals surface area contributed by atoms with E-state index >= 15 is 0 Å². The molecule has 0 radical (unpaired) electrons. The quantitative estimate of drug-likeness (QED) is 0.114. The number of Topliss-reactive ketones (excluding diaryl/α,β-unsaturated/α-hetero) is 4. The highest BCUT2D eigenvalue weighted by molar-refractivity contribution is 6.24. The van der Waals surface area contributed by atoms with Gasteiger partial charge in [-0.25, -0.2) is 0 Å². The number of carbonyl (C=O) groups is 4. The molecular formula is C28H38NO13+. The Morgan fingerprint density at radius 3 is 1.17 bits per heavy atom. The van der Waals surface area contributed by atoms with Gasteiger partial charge < -0.3 is 28.4 Å². The summed E-state index contributed by atoms with van der Waals surface area (Å²) in [5, 5.41) is -0.0360. The van der Waals surface area contributed by atoms with E-state index in [1.807, 2.05) is 0 Å². The molecule has 0 saturated heterocycles. The summed E-state index contributed by atoms with van der Waals surface area (Å²) in [5.74, 6) is -1.98. The lowest BCUT2D eigenvalue weighted by atomic mass is 9.90. The minimum atomic E-state index is -0.389. The molecule has 0 bridgehead atoms. The number of allylic oxidation sites excluding steroid dienone is 4. The number of hydrogen-bond donors (Lipinski definition) is 0. The van der Waals surface area contributed by atoms with Crippen molar-refractivity contribution in [1.29, 1.82) is 0 Å². The van der Waals surface area contributed by atoms with Gasteiger partial charge in [0.2, 0.25) is 46.2 Å². The molecule has 0 aromatic heterocycles. The normalized spacial score (nSPS) is 16.0. The number of nitrogens with zero attached hydrogens (tertiary/aromatic N) is 1. The summed E-state index contributed by atoms with van der Waals surface area (Å²) in [4.78, 5) is 71.3. The first-order valence-electron chi connectivity index (χ1n) is 13.3. The largest absolute Gasteiger partial charge is 0.489 e. The molecule has 0 N–H and O–H groups in total. The van der Waals surface area contributed by atoms with Crippen molar-refractivity contribution in [2.45, 2.75) is 39.5 Å². The summed E-state index contributed by atoms with van der Waals surface area (Å²) in [7, 11) is 5.22. The lowest BCUT2D eigenvalue weighted by Gasteiger charge is -2.20. The number of hydrogen-bond acceptors (Lipinski definition) is 13. The number of carbonyl (C=O) groups excluding carboxylic acids is 4. The van der Waals surface area contributed by atoms with E-state index in [9.17, 15) is 24.1 Å². The van der Waals surface area contributed by atoms with Crippen LogP contribution in [0.4, 0.5) is 0 Å². The number of ether oxygens (including phenoxy) is 6. The minimum absolute atomic E-state index is 0.0360. The van der Waals surface area contributed by atoms with Gasteiger partial charge in [0.15, 0.2) is 13.2 Å². The van der Waals surface area contributed by atoms with E-state index in [4.69, 9.17) is 38.1 Å². The molecule has 2 aliphatic carbocycles. The third-order valence-electron chi connectivity index (χ3n) is 6.47. The molecule has 14 nitrogen and oxygen atoms in total. The molecule has 0 aromatic carbocycles. The molecule has 2 rings (SSSR count). The number of ketones is 4. The summed E-state index contributed by atoms with van der Waals surface area (Å²) in [6, 6.07) is 0. The maximum atomic E-state index is 12.6. The van der Waals surface area contributed by atoms with E-state index in [0.29, 0.717) is 48.0 Å². The van der Waals surface area contributed by atoms with Gasteiger partial charge in [0.1, 0.15) is 4.91 Å². The molecule has 232 valence electrons. The Bertz CT molecular complexity index is 1100. The monoisotopic (exact) mass is 596 g/mol. The van der Waals surface area contributed by atoms with Gasteiger partial charge in [0.05, 0.1) is 41.7 Å². The second-order valence-corrected chi connectivity index (χ2v) is 8.98. The van der Waals surface area contributed by atoms with Crippen LogP contribution >= 0.6 is 0 Å². The Labute approximate surface area is 243 Å². The van der Waals surface area contributed by atoms with Gasteiger partial charge in [-0.3, -0.25) is 19.2 Å². The fourth-order valence-corrected chi connectivity index (χ4v) is 4.27. The average molecular weight is 597 g/mol. The predicted molar refractivity (Wildman–Crippen MR) is 143 cm³/mol. The second kappa shape index (κ2) is 17.0. The highest BCUT2D eigenvalue weighted by Gasteiger charge is 2.35. The first-order chi connectivity index (χ1) is 20.1. The van der Waals surface area contributed by atoms with E-state index in [1.165, 1.54) is 28.4 Å². The van der Waals surface area contributed by atoms with Crippen molar-refractivity contribution in [1.82, 2.24) is 0 Å². The third kappa shape index (κ3) is 8.49. The van der Waals surface area contributed by atoms with E-state index in [0.717, 1.165) is 0 Å². The molecule has 0 spiro atoms. The fourth-order valence-electron chi connectivity index (χ4n) is 4.27. The molecule has 0 aliphatic heterocycles. The van der Waals surface area contributed by atoms with Crippen LogP contribution in [0, 0.1) is 4.91 Å². The topological polar surface area (TPSA) is 162 Å². The Morgan fingerprint density at radius 2 is 0.833 bits per heavy atom. The van der Waals surface area contributed by atoms with E-state index in [-0.39, 0.29) is 90.9 Å². The molecule has 0 aromatic rings. The van der Waals surface area contributed by atoms with Crippen LogP contribution in [0.1, 0.15) is 39.5 Å². The lowest BCUT2D eigenvalue weighted by Crippen LogP contribution is -2.25. The molecule has 0 atom stereocenters. The minimum Gasteiger partial charge on any atom is -0.489 e. The van der Waals surface area contributed by atoms with Gasteiger partial charge >= 0.3 is 5.09 Å². The van der Waals surface area contributed by atoms with Crippen molar-refractivity contribution in [3.8, 4) is 0 Å². The second-order valence-electron chi connectivity index (χ2n) is 8.98. The van der Waals surface area contributed by atoms with E-state index < -0.39 is 0 Å². The molecule has 2 aliphatic rings. The zero-order chi connectivity index (χ0) is 31.2. The van der Waals surface area contributed by atoms with Crippen molar-refractivity contribution in [2.75, 3.05) is 68.1 Å². The van der Waals surface area contributed by atoms with Gasteiger partial charge in [0, 0.05) is 35.5 Å². The fraction of sp³-hybridized carbons (Fsp3) is 0.571. The summed E-state index contributed by atoms with van der Waals surface area (Å²) in [6.07, 6.45) is 1.53. The van der Waals surface area contributed by atoms with Gasteiger partial charge in [-0.05, 0) is 39.5 Å². The highest BCUT2D eigenvalue weighted by Crippen LogP contribution is 2.29. The Kier molecular flexibility index (Phi) is 13.9. The van der Waals surface area contributed by atoms with Crippen LogP contribution in [0.2, 0.25) is 0 Å². The van der Waals surface area contributed by atoms with Gasteiger partial charge in [-0.1, -0.05) is 0 Å². The molecule has 0 heterocycles. The van der Waals surface area contributed by atoms with Crippen LogP contribution in [0.5, 0.6) is 0 Å². The Hall–Kier alpha value is -4.04. The van der Waals surface area contributed by atoms with E-state index in [1.54, 1.807) is 13.8 Å². The van der Waals surface area contributed by atoms with Crippen molar-refractivity contribution in [3.05, 3.63) is 50.2 Å². The molecule has 0 unspecified atom stereocenters. The third-order valence-corrected chi connectivity index (χ3v) is 6.47. The van der Waals surface area contributed by atoms with Gasteiger partial charge in [0.25, 0.3) is 0 Å². The highest BCUT2D eigenvalue weighted by atomic mass is 17.0. The standard InChI is InChI=1S/C28H38NO13/c1-17-19(23(32)27(37-5)25(35-3)21(17)30)9-7-11-39-13-15-41-29(34)42-16-14-40-12-8-10-20-18(2)22(31)26(36-4)28(38-6)24(20)33/h7-16H2,1-6H3/q+1. The van der Waals surface area contributed by atoms with Crippen LogP contribution < -0.4 is 0 Å². The van der Waals surface area contributed by atoms with Gasteiger partial charge in [-0.15, -0.1) is 0 Å². The molecule has 14 heteroatoms. The number of methoxy groups -OCH3 is 4. The number of rotatable bonds is 20. The zero-order valence-electron chi connectivity index (χ0n) is 24.8. The molecule has 0 amide bonds. The zero-order valence-corrected chi connectivity index (χ0v) is 24.8. The van der Waals surface area contributed by atoms with Crippen molar-refractivity contribution < 1.29 is 62.4 Å². The molecule has 0 saturated carbocycles. The van der Waals surface area contributed by atoms with Crippen molar-refractivity contribution in [3.63, 3.8) is 0 Å². The maximum absolute atomic E-state index is 12.6. The smallest absolute Gasteiger partial charge is 0.477 e. The van der Waals surface area contributed by atoms with Crippen LogP contribution in [0.15, 0.2) is 45.3 Å². The molecule has 42 heavy (non-hydrogen) atoms. The van der Waals surface area contributed by atoms with Crippen molar-refractivity contribution in [2.24, 2.45) is 0 Å². The average Bonchev–Trinajstić information content (AvgIpc) is 2.98. The predicted octanol–water partition coefficient (Wildman–Crippen LogP) is 2.17. The van der Waals surface area contributed by atoms with Crippen molar-refractivity contribution >= 4 is 23.1 Å². The summed E-state index contributed by atoms with van der Waals surface area (Å²) < 4.78 is 30.9. The summed E-state index contributed by atoms with van der Waals surface area (Å²) in [6.45, 7) is 3.74. The Balaban J connectivity index is 1.55. The van der Waals surface area contributed by atoms with Crippen LogP contribution in [-0.2, 0) is 57.3 Å². The molecule has 0 fully saturated rings. The Morgan fingerprint density at radius 1 is 0.500 bits per heavy atom. The van der Waals surface area contributed by atoms with Crippen LogP contribution in [0.3, 0.4) is 0 Å². The maximum Gasteiger partial charge on any atom is 0.477 e. The summed E-state index contributed by atoms with van der Waals surface area (Å²) in [5.41, 5.74) is 1.32. The van der Waals surface area contributed by atoms with Crippen LogP contribution in [0.25, 0.3) is 0 Å². The first kappa shape index (κ1) is 34.2.